The smallest absolute Gasteiger partial charge is 0.221 e. The summed E-state index contributed by atoms with van der Waals surface area (Å²) in [4.78, 5) is 11.5. The third kappa shape index (κ3) is 10.3. The second-order valence-corrected chi connectivity index (χ2v) is 5.98. The van der Waals surface area contributed by atoms with Crippen LogP contribution in [0.15, 0.2) is 0 Å². The molecule has 0 saturated heterocycles. The Morgan fingerprint density at radius 2 is 2.00 bits per heavy atom. The van der Waals surface area contributed by atoms with Crippen molar-refractivity contribution in [1.82, 2.24) is 5.32 Å². The molecule has 0 spiro atoms. The molecule has 0 bridgehead atoms. The summed E-state index contributed by atoms with van der Waals surface area (Å²) in [5.41, 5.74) is 5.84. The first-order valence-electron chi connectivity index (χ1n) is 6.45. The number of carbonyl (C=O) groups is 1. The summed E-state index contributed by atoms with van der Waals surface area (Å²) >= 11 is 0. The molecule has 0 aliphatic rings. The number of hydrogen-bond donors (Lipinski definition) is 3. The monoisotopic (exact) mass is 244 g/mol. The van der Waals surface area contributed by atoms with E-state index in [9.17, 15) is 9.90 Å². The molecule has 0 fully saturated rings. The Morgan fingerprint density at radius 3 is 2.47 bits per heavy atom. The fourth-order valence-electron chi connectivity index (χ4n) is 1.79. The number of aliphatic hydroxyl groups excluding tert-OH is 1. The van der Waals surface area contributed by atoms with Crippen molar-refractivity contribution in [1.29, 1.82) is 0 Å². The van der Waals surface area contributed by atoms with Crippen LogP contribution in [0.3, 0.4) is 0 Å². The molecule has 4 nitrogen and oxygen atoms in total. The summed E-state index contributed by atoms with van der Waals surface area (Å²) < 4.78 is 0. The molecule has 0 radical (unpaired) electrons. The lowest BCUT2D eigenvalue weighted by atomic mass is 9.89. The summed E-state index contributed by atoms with van der Waals surface area (Å²) in [6.07, 6.45) is 2.38. The first-order chi connectivity index (χ1) is 7.74. The average molecular weight is 244 g/mol. The molecular formula is C13H28N2O2. The van der Waals surface area contributed by atoms with E-state index in [-0.39, 0.29) is 17.4 Å². The lowest BCUT2D eigenvalue weighted by Gasteiger charge is -2.22. The van der Waals surface area contributed by atoms with Gasteiger partial charge in [0.1, 0.15) is 0 Å². The summed E-state index contributed by atoms with van der Waals surface area (Å²) in [6, 6.07) is -0.0697. The average Bonchev–Trinajstić information content (AvgIpc) is 2.12. The van der Waals surface area contributed by atoms with Gasteiger partial charge in [0.25, 0.3) is 0 Å². The van der Waals surface area contributed by atoms with Crippen LogP contribution in [0.2, 0.25) is 0 Å². The van der Waals surface area contributed by atoms with Crippen LogP contribution in [-0.2, 0) is 4.79 Å². The lowest BCUT2D eigenvalue weighted by Crippen LogP contribution is -2.37. The van der Waals surface area contributed by atoms with Crippen LogP contribution in [0.25, 0.3) is 0 Å². The highest BCUT2D eigenvalue weighted by molar-refractivity contribution is 5.76. The highest BCUT2D eigenvalue weighted by atomic mass is 16.3. The van der Waals surface area contributed by atoms with Crippen LogP contribution in [-0.4, -0.2) is 29.7 Å². The maximum absolute atomic E-state index is 11.5. The van der Waals surface area contributed by atoms with Crippen LogP contribution in [0.5, 0.6) is 0 Å². The molecule has 2 atom stereocenters. The quantitative estimate of drug-likeness (QED) is 0.634. The van der Waals surface area contributed by atoms with Gasteiger partial charge in [-0.05, 0) is 18.3 Å². The van der Waals surface area contributed by atoms with Gasteiger partial charge >= 0.3 is 0 Å². The summed E-state index contributed by atoms with van der Waals surface area (Å²) in [5.74, 6) is -0.0705. The molecule has 1 amide bonds. The fourth-order valence-corrected chi connectivity index (χ4v) is 1.79. The van der Waals surface area contributed by atoms with Crippen LogP contribution in [0, 0.1) is 5.41 Å². The van der Waals surface area contributed by atoms with Gasteiger partial charge in [0, 0.05) is 19.0 Å². The van der Waals surface area contributed by atoms with E-state index in [1.165, 1.54) is 0 Å². The van der Waals surface area contributed by atoms with Crippen molar-refractivity contribution in [3.8, 4) is 0 Å². The van der Waals surface area contributed by atoms with Crippen LogP contribution < -0.4 is 11.1 Å². The normalized spacial score (nSPS) is 15.4. The topological polar surface area (TPSA) is 75.4 Å². The molecule has 0 aromatic rings. The Hall–Kier alpha value is -0.610. The third-order valence-electron chi connectivity index (χ3n) is 2.49. The summed E-state index contributed by atoms with van der Waals surface area (Å²) in [5, 5.41) is 12.5. The minimum Gasteiger partial charge on any atom is -0.391 e. The molecule has 0 rings (SSSR count). The van der Waals surface area contributed by atoms with E-state index in [1.54, 1.807) is 0 Å². The highest BCUT2D eigenvalue weighted by Gasteiger charge is 2.17. The van der Waals surface area contributed by atoms with E-state index < -0.39 is 6.10 Å². The van der Waals surface area contributed by atoms with Crippen LogP contribution in [0.4, 0.5) is 0 Å². The maximum Gasteiger partial charge on any atom is 0.221 e. The highest BCUT2D eigenvalue weighted by Crippen LogP contribution is 2.20. The van der Waals surface area contributed by atoms with Gasteiger partial charge in [0.2, 0.25) is 5.91 Å². The minimum absolute atomic E-state index is 0.0697. The number of rotatable bonds is 7. The first kappa shape index (κ1) is 16.4. The van der Waals surface area contributed by atoms with Crippen molar-refractivity contribution in [2.75, 3.05) is 6.54 Å². The molecule has 102 valence electrons. The second kappa shape index (κ2) is 7.67. The van der Waals surface area contributed by atoms with Crippen molar-refractivity contribution in [2.45, 2.75) is 65.5 Å². The van der Waals surface area contributed by atoms with Crippen LogP contribution >= 0.6 is 0 Å². The van der Waals surface area contributed by atoms with Gasteiger partial charge in [-0.1, -0.05) is 34.1 Å². The van der Waals surface area contributed by atoms with Gasteiger partial charge in [-0.3, -0.25) is 4.79 Å². The number of hydrogen-bond acceptors (Lipinski definition) is 3. The Morgan fingerprint density at radius 1 is 1.41 bits per heavy atom. The van der Waals surface area contributed by atoms with Crippen molar-refractivity contribution in [2.24, 2.45) is 11.1 Å². The first-order valence-corrected chi connectivity index (χ1v) is 6.45. The SMILES string of the molecule is CCCC(N)CC(=O)NCC(O)CC(C)(C)C. The summed E-state index contributed by atoms with van der Waals surface area (Å²) in [6.45, 7) is 8.55. The van der Waals surface area contributed by atoms with Gasteiger partial charge in [0.05, 0.1) is 6.10 Å². The van der Waals surface area contributed by atoms with Gasteiger partial charge in [-0.15, -0.1) is 0 Å². The number of carbonyl (C=O) groups excluding carboxylic acids is 1. The van der Waals surface area contributed by atoms with E-state index in [4.69, 9.17) is 5.73 Å². The molecular weight excluding hydrogens is 216 g/mol. The third-order valence-corrected chi connectivity index (χ3v) is 2.49. The van der Waals surface area contributed by atoms with Crippen molar-refractivity contribution < 1.29 is 9.90 Å². The molecule has 17 heavy (non-hydrogen) atoms. The number of nitrogens with two attached hydrogens (primary N) is 1. The van der Waals surface area contributed by atoms with E-state index in [0.717, 1.165) is 12.8 Å². The van der Waals surface area contributed by atoms with E-state index in [2.05, 4.69) is 26.1 Å². The van der Waals surface area contributed by atoms with Crippen molar-refractivity contribution in [3.05, 3.63) is 0 Å². The van der Waals surface area contributed by atoms with Gasteiger partial charge in [0.15, 0.2) is 0 Å². The molecule has 4 heteroatoms. The zero-order valence-electron chi connectivity index (χ0n) is 11.6. The van der Waals surface area contributed by atoms with Gasteiger partial charge < -0.3 is 16.2 Å². The molecule has 0 heterocycles. The lowest BCUT2D eigenvalue weighted by molar-refractivity contribution is -0.122. The standard InChI is InChI=1S/C13H28N2O2/c1-5-6-10(14)7-12(17)15-9-11(16)8-13(2,3)4/h10-11,16H,5-9,14H2,1-4H3,(H,15,17). The minimum atomic E-state index is -0.485. The maximum atomic E-state index is 11.5. The molecule has 4 N–H and O–H groups in total. The van der Waals surface area contributed by atoms with Crippen molar-refractivity contribution >= 4 is 5.91 Å². The van der Waals surface area contributed by atoms with Crippen LogP contribution in [0.1, 0.15) is 53.4 Å². The zero-order valence-corrected chi connectivity index (χ0v) is 11.6. The Kier molecular flexibility index (Phi) is 7.39. The molecule has 0 saturated carbocycles. The van der Waals surface area contributed by atoms with E-state index >= 15 is 0 Å². The molecule has 0 aromatic heterocycles. The largest absolute Gasteiger partial charge is 0.391 e. The van der Waals surface area contributed by atoms with E-state index in [0.29, 0.717) is 19.4 Å². The molecule has 0 aliphatic heterocycles. The zero-order chi connectivity index (χ0) is 13.5. The second-order valence-electron chi connectivity index (χ2n) is 5.98. The number of nitrogens with one attached hydrogen (secondary N) is 1. The Balaban J connectivity index is 3.76. The van der Waals surface area contributed by atoms with Gasteiger partial charge in [-0.25, -0.2) is 0 Å². The molecule has 2 unspecified atom stereocenters. The predicted octanol–water partition coefficient (Wildman–Crippen LogP) is 1.42. The van der Waals surface area contributed by atoms with E-state index in [1.807, 2.05) is 6.92 Å². The fraction of sp³-hybridized carbons (Fsp3) is 0.923. The molecule has 0 aliphatic carbocycles. The summed E-state index contributed by atoms with van der Waals surface area (Å²) in [7, 11) is 0. The molecule has 0 aromatic carbocycles. The number of aliphatic hydroxyl groups is 1. The Bertz CT molecular complexity index is 224. The predicted molar refractivity (Wildman–Crippen MR) is 70.6 cm³/mol. The van der Waals surface area contributed by atoms with Gasteiger partial charge in [-0.2, -0.15) is 0 Å². The number of amides is 1. The van der Waals surface area contributed by atoms with Crippen molar-refractivity contribution in [3.63, 3.8) is 0 Å². The Labute approximate surface area is 105 Å².